The Bertz CT molecular complexity index is 591. The summed E-state index contributed by atoms with van der Waals surface area (Å²) in [4.78, 5) is 14.6. The molecule has 18 heavy (non-hydrogen) atoms. The van der Waals surface area contributed by atoms with Crippen LogP contribution in [0.2, 0.25) is 0 Å². The third-order valence-electron chi connectivity index (χ3n) is 2.06. The Hall–Kier alpha value is -2.70. The molecule has 92 valence electrons. The first kappa shape index (κ1) is 11.8. The maximum atomic E-state index is 10.4. The van der Waals surface area contributed by atoms with Crippen molar-refractivity contribution in [2.75, 3.05) is 0 Å². The van der Waals surface area contributed by atoms with Crippen LogP contribution in [0.3, 0.4) is 0 Å². The Kier molecular flexibility index (Phi) is 3.33. The summed E-state index contributed by atoms with van der Waals surface area (Å²) >= 11 is 0. The average Bonchev–Trinajstić information content (AvgIpc) is 2.76. The summed E-state index contributed by atoms with van der Waals surface area (Å²) in [7, 11) is 0. The fourth-order valence-corrected chi connectivity index (χ4v) is 1.34. The van der Waals surface area contributed by atoms with Gasteiger partial charge in [0.2, 0.25) is 11.7 Å². The minimum Gasteiger partial charge on any atom is -0.350 e. The summed E-state index contributed by atoms with van der Waals surface area (Å²) in [5, 5.41) is 7.48. The van der Waals surface area contributed by atoms with Crippen LogP contribution in [0.15, 0.2) is 33.9 Å². The van der Waals surface area contributed by atoms with Crippen molar-refractivity contribution in [3.63, 3.8) is 0 Å². The smallest absolute Gasteiger partial charge is 0.332 e. The molecular weight excluding hydrogens is 234 g/mol. The van der Waals surface area contributed by atoms with E-state index in [9.17, 15) is 4.79 Å². The molecule has 2 aromatic rings. The molecule has 0 bridgehead atoms. The maximum absolute atomic E-state index is 10.4. The van der Waals surface area contributed by atoms with E-state index in [2.05, 4.69) is 20.7 Å². The molecular formula is C11H11N5O2. The summed E-state index contributed by atoms with van der Waals surface area (Å²) < 4.78 is 4.90. The van der Waals surface area contributed by atoms with Gasteiger partial charge in [-0.25, -0.2) is 10.2 Å². The molecule has 2 rings (SSSR count). The van der Waals surface area contributed by atoms with Crippen molar-refractivity contribution in [1.29, 1.82) is 0 Å². The highest BCUT2D eigenvalue weighted by molar-refractivity contribution is 5.83. The van der Waals surface area contributed by atoms with E-state index >= 15 is 0 Å². The van der Waals surface area contributed by atoms with E-state index in [-0.39, 0.29) is 0 Å². The zero-order chi connectivity index (χ0) is 13.0. The van der Waals surface area contributed by atoms with E-state index in [4.69, 9.17) is 10.3 Å². The number of nitrogens with two attached hydrogens (primary N) is 1. The first-order chi connectivity index (χ1) is 8.65. The van der Waals surface area contributed by atoms with Gasteiger partial charge >= 0.3 is 6.03 Å². The number of aromatic nitrogens is 2. The van der Waals surface area contributed by atoms with E-state index in [0.29, 0.717) is 11.7 Å². The molecule has 1 heterocycles. The quantitative estimate of drug-likeness (QED) is 0.622. The lowest BCUT2D eigenvalue weighted by atomic mass is 10.1. The Morgan fingerprint density at radius 2 is 2.39 bits per heavy atom. The molecule has 0 spiro atoms. The number of amides is 2. The van der Waals surface area contributed by atoms with Gasteiger partial charge < -0.3 is 10.3 Å². The van der Waals surface area contributed by atoms with Crippen molar-refractivity contribution in [1.82, 2.24) is 15.6 Å². The number of carbonyl (C=O) groups excluding carboxylic acids is 1. The molecule has 1 aromatic carbocycles. The highest BCUT2D eigenvalue weighted by atomic mass is 16.5. The Balaban J connectivity index is 2.20. The second kappa shape index (κ2) is 5.09. The molecule has 1 aromatic heterocycles. The monoisotopic (exact) mass is 245 g/mol. The molecule has 0 aliphatic rings. The van der Waals surface area contributed by atoms with E-state index < -0.39 is 6.03 Å². The van der Waals surface area contributed by atoms with E-state index in [0.717, 1.165) is 11.1 Å². The average molecular weight is 245 g/mol. The van der Waals surface area contributed by atoms with Crippen molar-refractivity contribution in [3.05, 3.63) is 35.7 Å². The van der Waals surface area contributed by atoms with Crippen molar-refractivity contribution in [3.8, 4) is 11.4 Å². The number of urea groups is 1. The molecule has 0 fully saturated rings. The minimum atomic E-state index is -0.712. The largest absolute Gasteiger partial charge is 0.350 e. The first-order valence-corrected chi connectivity index (χ1v) is 5.14. The summed E-state index contributed by atoms with van der Waals surface area (Å²) in [5.41, 5.74) is 8.58. The molecule has 3 N–H and O–H groups in total. The number of benzene rings is 1. The minimum absolute atomic E-state index is 0.500. The number of hydrazone groups is 1. The maximum Gasteiger partial charge on any atom is 0.332 e. The molecule has 0 unspecified atom stereocenters. The molecule has 0 aliphatic carbocycles. The van der Waals surface area contributed by atoms with Crippen LogP contribution in [0.5, 0.6) is 0 Å². The Morgan fingerprint density at radius 3 is 3.06 bits per heavy atom. The van der Waals surface area contributed by atoms with E-state index in [1.807, 2.05) is 24.3 Å². The van der Waals surface area contributed by atoms with Crippen LogP contribution >= 0.6 is 0 Å². The summed E-state index contributed by atoms with van der Waals surface area (Å²) in [6.07, 6.45) is 1.47. The van der Waals surface area contributed by atoms with E-state index in [1.165, 1.54) is 6.21 Å². The van der Waals surface area contributed by atoms with Crippen LogP contribution in [-0.2, 0) is 0 Å². The SMILES string of the molecule is Cc1nc(-c2cccc(C=NNC(N)=O)c2)no1. The molecule has 2 amide bonds. The van der Waals surface area contributed by atoms with Gasteiger partial charge in [0, 0.05) is 12.5 Å². The fourth-order valence-electron chi connectivity index (χ4n) is 1.34. The lowest BCUT2D eigenvalue weighted by Crippen LogP contribution is -2.24. The van der Waals surface area contributed by atoms with Gasteiger partial charge in [0.1, 0.15) is 0 Å². The zero-order valence-electron chi connectivity index (χ0n) is 9.62. The number of aryl methyl sites for hydroxylation is 1. The second-order valence-electron chi connectivity index (χ2n) is 3.50. The topological polar surface area (TPSA) is 106 Å². The Morgan fingerprint density at radius 1 is 1.56 bits per heavy atom. The van der Waals surface area contributed by atoms with Gasteiger partial charge in [-0.1, -0.05) is 23.4 Å². The van der Waals surface area contributed by atoms with Crippen LogP contribution in [0.25, 0.3) is 11.4 Å². The number of rotatable bonds is 3. The summed E-state index contributed by atoms with van der Waals surface area (Å²) in [6.45, 7) is 1.72. The van der Waals surface area contributed by atoms with Gasteiger partial charge in [0.25, 0.3) is 0 Å². The van der Waals surface area contributed by atoms with Gasteiger partial charge in [0.05, 0.1) is 6.21 Å². The zero-order valence-corrected chi connectivity index (χ0v) is 9.62. The predicted molar refractivity (Wildman–Crippen MR) is 64.8 cm³/mol. The highest BCUT2D eigenvalue weighted by Gasteiger charge is 2.05. The Labute approximate surface area is 103 Å². The van der Waals surface area contributed by atoms with Crippen LogP contribution in [0.4, 0.5) is 4.79 Å². The molecule has 7 nitrogen and oxygen atoms in total. The number of nitrogens with zero attached hydrogens (tertiary/aromatic N) is 3. The molecule has 0 radical (unpaired) electrons. The van der Waals surface area contributed by atoms with Gasteiger partial charge in [-0.15, -0.1) is 0 Å². The van der Waals surface area contributed by atoms with Crippen molar-refractivity contribution in [2.24, 2.45) is 10.8 Å². The van der Waals surface area contributed by atoms with Crippen LogP contribution in [-0.4, -0.2) is 22.4 Å². The van der Waals surface area contributed by atoms with Crippen molar-refractivity contribution < 1.29 is 9.32 Å². The van der Waals surface area contributed by atoms with Crippen LogP contribution in [0.1, 0.15) is 11.5 Å². The first-order valence-electron chi connectivity index (χ1n) is 5.14. The highest BCUT2D eigenvalue weighted by Crippen LogP contribution is 2.16. The number of nitrogens with one attached hydrogen (secondary N) is 1. The van der Waals surface area contributed by atoms with Crippen LogP contribution < -0.4 is 11.2 Å². The lowest BCUT2D eigenvalue weighted by molar-refractivity contribution is 0.249. The molecule has 0 saturated carbocycles. The molecule has 0 atom stereocenters. The molecule has 0 aliphatic heterocycles. The second-order valence-corrected chi connectivity index (χ2v) is 3.50. The fraction of sp³-hybridized carbons (Fsp3) is 0.0909. The lowest BCUT2D eigenvalue weighted by Gasteiger charge is -1.97. The summed E-state index contributed by atoms with van der Waals surface area (Å²) in [5.74, 6) is 1.00. The van der Waals surface area contributed by atoms with Gasteiger partial charge in [-0.2, -0.15) is 10.1 Å². The standard InChI is InChI=1S/C11H11N5O2/c1-7-14-10(16-18-7)9-4-2-3-8(5-9)6-13-15-11(12)17/h2-6H,1H3,(H3,12,15,17). The normalized spacial score (nSPS) is 10.7. The number of hydrogen-bond donors (Lipinski definition) is 2. The van der Waals surface area contributed by atoms with E-state index in [1.54, 1.807) is 6.92 Å². The van der Waals surface area contributed by atoms with Gasteiger partial charge in [-0.3, -0.25) is 0 Å². The predicted octanol–water partition coefficient (Wildman–Crippen LogP) is 1.05. The number of primary amides is 1. The van der Waals surface area contributed by atoms with Gasteiger partial charge in [-0.05, 0) is 11.6 Å². The van der Waals surface area contributed by atoms with Gasteiger partial charge in [0.15, 0.2) is 0 Å². The van der Waals surface area contributed by atoms with Crippen molar-refractivity contribution in [2.45, 2.75) is 6.92 Å². The van der Waals surface area contributed by atoms with Crippen LogP contribution in [0, 0.1) is 6.92 Å². The molecule has 7 heteroatoms. The third-order valence-corrected chi connectivity index (χ3v) is 2.06. The van der Waals surface area contributed by atoms with Crippen molar-refractivity contribution >= 4 is 12.2 Å². The third kappa shape index (κ3) is 2.91. The molecule has 0 saturated heterocycles. The number of carbonyl (C=O) groups is 1. The number of hydrogen-bond acceptors (Lipinski definition) is 5. The summed E-state index contributed by atoms with van der Waals surface area (Å²) in [6, 6.07) is 6.60.